The number of hydrogen-bond acceptors (Lipinski definition) is 2. The van der Waals surface area contributed by atoms with Gasteiger partial charge in [0.2, 0.25) is 0 Å². The SMILES string of the molecule is Cc1ccccc1Cn1c(C(=O)NC2CC2)cc2sc(Br)cc21. The van der Waals surface area contributed by atoms with E-state index in [-0.39, 0.29) is 5.91 Å². The first-order valence-electron chi connectivity index (χ1n) is 7.76. The van der Waals surface area contributed by atoms with Crippen LogP contribution in [0, 0.1) is 6.92 Å². The first-order chi connectivity index (χ1) is 11.1. The average molecular weight is 389 g/mol. The lowest BCUT2D eigenvalue weighted by Crippen LogP contribution is -2.27. The van der Waals surface area contributed by atoms with Gasteiger partial charge in [-0.05, 0) is 59.0 Å². The van der Waals surface area contributed by atoms with Gasteiger partial charge < -0.3 is 9.88 Å². The summed E-state index contributed by atoms with van der Waals surface area (Å²) in [6, 6.07) is 12.8. The maximum absolute atomic E-state index is 12.6. The van der Waals surface area contributed by atoms with Crippen LogP contribution in [0.25, 0.3) is 10.2 Å². The van der Waals surface area contributed by atoms with Crippen LogP contribution in [-0.2, 0) is 6.54 Å². The minimum atomic E-state index is 0.0422. The van der Waals surface area contributed by atoms with Crippen LogP contribution in [0.3, 0.4) is 0 Å². The summed E-state index contributed by atoms with van der Waals surface area (Å²) in [5.41, 5.74) is 4.37. The quantitative estimate of drug-likeness (QED) is 0.689. The summed E-state index contributed by atoms with van der Waals surface area (Å²) < 4.78 is 4.37. The number of rotatable bonds is 4. The molecule has 1 fully saturated rings. The Hall–Kier alpha value is -1.59. The normalized spacial score (nSPS) is 14.3. The number of thiophene rings is 1. The molecule has 23 heavy (non-hydrogen) atoms. The summed E-state index contributed by atoms with van der Waals surface area (Å²) in [4.78, 5) is 12.6. The lowest BCUT2D eigenvalue weighted by molar-refractivity contribution is 0.0942. The van der Waals surface area contributed by atoms with Crippen LogP contribution in [0.15, 0.2) is 40.2 Å². The van der Waals surface area contributed by atoms with Crippen molar-refractivity contribution in [3.05, 3.63) is 57.0 Å². The lowest BCUT2D eigenvalue weighted by Gasteiger charge is -2.12. The molecule has 0 saturated heterocycles. The largest absolute Gasteiger partial charge is 0.348 e. The summed E-state index contributed by atoms with van der Waals surface area (Å²) in [6.45, 7) is 2.83. The molecule has 2 aromatic heterocycles. The molecule has 0 aliphatic heterocycles. The van der Waals surface area contributed by atoms with E-state index in [0.29, 0.717) is 12.6 Å². The van der Waals surface area contributed by atoms with Gasteiger partial charge in [-0.15, -0.1) is 11.3 Å². The predicted molar refractivity (Wildman–Crippen MR) is 98.3 cm³/mol. The zero-order valence-electron chi connectivity index (χ0n) is 12.8. The molecule has 1 N–H and O–H groups in total. The number of nitrogens with zero attached hydrogens (tertiary/aromatic N) is 1. The van der Waals surface area contributed by atoms with Crippen molar-refractivity contribution in [3.8, 4) is 0 Å². The van der Waals surface area contributed by atoms with Gasteiger partial charge in [0.25, 0.3) is 5.91 Å². The van der Waals surface area contributed by atoms with E-state index in [1.54, 1.807) is 11.3 Å². The van der Waals surface area contributed by atoms with Gasteiger partial charge in [-0.3, -0.25) is 4.79 Å². The Bertz CT molecular complexity index is 892. The fourth-order valence-corrected chi connectivity index (χ4v) is 4.38. The molecular formula is C18H17BrN2OS. The summed E-state index contributed by atoms with van der Waals surface area (Å²) in [6.07, 6.45) is 2.20. The van der Waals surface area contributed by atoms with E-state index in [1.807, 2.05) is 12.1 Å². The molecule has 2 heterocycles. The third-order valence-corrected chi connectivity index (χ3v) is 5.87. The first-order valence-corrected chi connectivity index (χ1v) is 9.37. The minimum absolute atomic E-state index is 0.0422. The second kappa shape index (κ2) is 5.80. The molecule has 1 aliphatic rings. The molecule has 1 amide bonds. The van der Waals surface area contributed by atoms with Crippen LogP contribution in [0.5, 0.6) is 0 Å². The van der Waals surface area contributed by atoms with E-state index in [2.05, 4.69) is 57.0 Å². The lowest BCUT2D eigenvalue weighted by atomic mass is 10.1. The summed E-state index contributed by atoms with van der Waals surface area (Å²) in [5.74, 6) is 0.0422. The van der Waals surface area contributed by atoms with Crippen molar-refractivity contribution in [2.24, 2.45) is 0 Å². The number of benzene rings is 1. The third kappa shape index (κ3) is 2.95. The predicted octanol–water partition coefficient (Wildman–Crippen LogP) is 4.71. The molecule has 4 rings (SSSR count). The van der Waals surface area contributed by atoms with Crippen molar-refractivity contribution in [2.45, 2.75) is 32.4 Å². The van der Waals surface area contributed by atoms with Crippen molar-refractivity contribution in [1.29, 1.82) is 0 Å². The zero-order chi connectivity index (χ0) is 16.0. The van der Waals surface area contributed by atoms with E-state index < -0.39 is 0 Å². The van der Waals surface area contributed by atoms with Crippen LogP contribution in [-0.4, -0.2) is 16.5 Å². The molecule has 0 unspecified atom stereocenters. The van der Waals surface area contributed by atoms with E-state index in [1.165, 1.54) is 11.1 Å². The zero-order valence-corrected chi connectivity index (χ0v) is 15.2. The standard InChI is InChI=1S/C18H17BrN2OS/c1-11-4-2-3-5-12(11)10-21-14-9-17(19)23-16(14)8-15(21)18(22)20-13-6-7-13/h2-5,8-9,13H,6-7,10H2,1H3,(H,20,22). The molecule has 3 nitrogen and oxygen atoms in total. The Balaban J connectivity index is 1.77. The van der Waals surface area contributed by atoms with Gasteiger partial charge in [0, 0.05) is 12.6 Å². The second-order valence-electron chi connectivity index (χ2n) is 6.09. The maximum atomic E-state index is 12.6. The number of aryl methyl sites for hydroxylation is 1. The monoisotopic (exact) mass is 388 g/mol. The first kappa shape index (κ1) is 15.0. The van der Waals surface area contributed by atoms with Crippen molar-refractivity contribution < 1.29 is 4.79 Å². The van der Waals surface area contributed by atoms with Crippen molar-refractivity contribution >= 4 is 43.4 Å². The Morgan fingerprint density at radius 3 is 2.87 bits per heavy atom. The summed E-state index contributed by atoms with van der Waals surface area (Å²) in [5, 5.41) is 3.11. The summed E-state index contributed by atoms with van der Waals surface area (Å²) in [7, 11) is 0. The molecule has 118 valence electrons. The molecular weight excluding hydrogens is 372 g/mol. The molecule has 1 saturated carbocycles. The fourth-order valence-electron chi connectivity index (χ4n) is 2.81. The Morgan fingerprint density at radius 2 is 2.13 bits per heavy atom. The van der Waals surface area contributed by atoms with Gasteiger partial charge in [0.05, 0.1) is 14.0 Å². The average Bonchev–Trinajstić information content (AvgIpc) is 3.16. The number of aromatic nitrogens is 1. The van der Waals surface area contributed by atoms with Crippen LogP contribution in [0.4, 0.5) is 0 Å². The Morgan fingerprint density at radius 1 is 1.35 bits per heavy atom. The van der Waals surface area contributed by atoms with Crippen LogP contribution in [0.1, 0.15) is 34.5 Å². The molecule has 1 aliphatic carbocycles. The van der Waals surface area contributed by atoms with Crippen molar-refractivity contribution in [1.82, 2.24) is 9.88 Å². The van der Waals surface area contributed by atoms with E-state index in [0.717, 1.165) is 32.5 Å². The number of fused-ring (bicyclic) bond motifs is 1. The second-order valence-corrected chi connectivity index (χ2v) is 8.55. The highest BCUT2D eigenvalue weighted by atomic mass is 79.9. The number of nitrogens with one attached hydrogen (secondary N) is 1. The van der Waals surface area contributed by atoms with Gasteiger partial charge in [0.15, 0.2) is 0 Å². The highest BCUT2D eigenvalue weighted by molar-refractivity contribution is 9.11. The molecule has 0 radical (unpaired) electrons. The fraction of sp³-hybridized carbons (Fsp3) is 0.278. The van der Waals surface area contributed by atoms with Gasteiger partial charge in [-0.1, -0.05) is 24.3 Å². The van der Waals surface area contributed by atoms with E-state index in [9.17, 15) is 4.79 Å². The van der Waals surface area contributed by atoms with Gasteiger partial charge in [-0.25, -0.2) is 0 Å². The Kier molecular flexibility index (Phi) is 3.77. The van der Waals surface area contributed by atoms with E-state index >= 15 is 0 Å². The Labute approximate surface area is 147 Å². The smallest absolute Gasteiger partial charge is 0.268 e. The molecule has 5 heteroatoms. The van der Waals surface area contributed by atoms with Crippen LogP contribution in [0.2, 0.25) is 0 Å². The van der Waals surface area contributed by atoms with Gasteiger partial charge >= 0.3 is 0 Å². The molecule has 3 aromatic rings. The van der Waals surface area contributed by atoms with Crippen molar-refractivity contribution in [3.63, 3.8) is 0 Å². The van der Waals surface area contributed by atoms with E-state index in [4.69, 9.17) is 0 Å². The van der Waals surface area contributed by atoms with Crippen LogP contribution < -0.4 is 5.32 Å². The number of carbonyl (C=O) groups excluding carboxylic acids is 1. The number of amides is 1. The highest BCUT2D eigenvalue weighted by Crippen LogP contribution is 2.33. The highest BCUT2D eigenvalue weighted by Gasteiger charge is 2.26. The number of hydrogen-bond donors (Lipinski definition) is 1. The molecule has 1 aromatic carbocycles. The maximum Gasteiger partial charge on any atom is 0.268 e. The van der Waals surface area contributed by atoms with Crippen molar-refractivity contribution in [2.75, 3.05) is 0 Å². The third-order valence-electron chi connectivity index (χ3n) is 4.29. The van der Waals surface area contributed by atoms with Gasteiger partial charge in [-0.2, -0.15) is 0 Å². The number of halogens is 1. The molecule has 0 bridgehead atoms. The van der Waals surface area contributed by atoms with Crippen LogP contribution >= 0.6 is 27.3 Å². The topological polar surface area (TPSA) is 34.0 Å². The number of carbonyl (C=O) groups is 1. The van der Waals surface area contributed by atoms with Gasteiger partial charge in [0.1, 0.15) is 5.69 Å². The molecule has 0 spiro atoms. The summed E-state index contributed by atoms with van der Waals surface area (Å²) >= 11 is 5.22. The minimum Gasteiger partial charge on any atom is -0.348 e. The molecule has 0 atom stereocenters.